The first-order chi connectivity index (χ1) is 10.1. The van der Waals surface area contributed by atoms with Crippen LogP contribution in [0.3, 0.4) is 0 Å². The minimum atomic E-state index is -1.23. The molecule has 1 heterocycles. The Kier molecular flexibility index (Phi) is 5.82. The van der Waals surface area contributed by atoms with E-state index in [-0.39, 0.29) is 6.54 Å². The monoisotopic (exact) mass is 314 g/mol. The maximum absolute atomic E-state index is 14.4. The van der Waals surface area contributed by atoms with Gasteiger partial charge in [-0.25, -0.2) is 4.39 Å². The minimum absolute atomic E-state index is 0.283. The SMILES string of the molecule is O=CN1CCC(F)(CNCCOc2ccccc2Cl)CC1. The summed E-state index contributed by atoms with van der Waals surface area (Å²) in [4.78, 5) is 12.2. The molecule has 0 radical (unpaired) electrons. The number of halogens is 2. The van der Waals surface area contributed by atoms with Crippen molar-refractivity contribution in [3.05, 3.63) is 29.3 Å². The first-order valence-corrected chi connectivity index (χ1v) is 7.47. The lowest BCUT2D eigenvalue weighted by Gasteiger charge is -2.34. The van der Waals surface area contributed by atoms with E-state index in [1.165, 1.54) is 0 Å². The molecule has 0 bridgehead atoms. The molecule has 6 heteroatoms. The molecule has 2 rings (SSSR count). The number of ether oxygens (including phenoxy) is 1. The van der Waals surface area contributed by atoms with Crippen LogP contribution in [-0.4, -0.2) is 49.8 Å². The topological polar surface area (TPSA) is 41.6 Å². The van der Waals surface area contributed by atoms with Crippen LogP contribution in [-0.2, 0) is 4.79 Å². The van der Waals surface area contributed by atoms with Crippen molar-refractivity contribution < 1.29 is 13.9 Å². The summed E-state index contributed by atoms with van der Waals surface area (Å²) in [6.45, 7) is 2.23. The van der Waals surface area contributed by atoms with Crippen LogP contribution in [0.5, 0.6) is 5.75 Å². The Morgan fingerprint density at radius 2 is 2.10 bits per heavy atom. The number of nitrogens with one attached hydrogen (secondary N) is 1. The highest BCUT2D eigenvalue weighted by atomic mass is 35.5. The molecule has 0 unspecified atom stereocenters. The smallest absolute Gasteiger partial charge is 0.209 e. The highest BCUT2D eigenvalue weighted by molar-refractivity contribution is 6.32. The fourth-order valence-electron chi connectivity index (χ4n) is 2.31. The molecule has 1 aliphatic heterocycles. The van der Waals surface area contributed by atoms with Gasteiger partial charge in [0.25, 0.3) is 0 Å². The van der Waals surface area contributed by atoms with E-state index in [0.29, 0.717) is 49.9 Å². The summed E-state index contributed by atoms with van der Waals surface area (Å²) in [6, 6.07) is 7.26. The zero-order valence-corrected chi connectivity index (χ0v) is 12.6. The van der Waals surface area contributed by atoms with Gasteiger partial charge in [-0.15, -0.1) is 0 Å². The zero-order valence-electron chi connectivity index (χ0n) is 11.9. The number of rotatable bonds is 7. The van der Waals surface area contributed by atoms with Gasteiger partial charge in [0.15, 0.2) is 0 Å². The van der Waals surface area contributed by atoms with E-state index < -0.39 is 5.67 Å². The Bertz CT molecular complexity index is 465. The maximum atomic E-state index is 14.4. The quantitative estimate of drug-likeness (QED) is 0.620. The lowest BCUT2D eigenvalue weighted by atomic mass is 9.93. The van der Waals surface area contributed by atoms with E-state index in [1.54, 1.807) is 17.0 Å². The number of amides is 1. The van der Waals surface area contributed by atoms with Crippen molar-refractivity contribution in [3.8, 4) is 5.75 Å². The summed E-state index contributed by atoms with van der Waals surface area (Å²) < 4.78 is 20.0. The normalized spacial score (nSPS) is 17.5. The Labute approximate surface area is 129 Å². The van der Waals surface area contributed by atoms with Gasteiger partial charge in [0.1, 0.15) is 18.0 Å². The highest BCUT2D eigenvalue weighted by Gasteiger charge is 2.33. The predicted octanol–water partition coefficient (Wildman–Crippen LogP) is 2.27. The summed E-state index contributed by atoms with van der Waals surface area (Å²) in [5.74, 6) is 0.634. The number of benzene rings is 1. The molecule has 1 saturated heterocycles. The summed E-state index contributed by atoms with van der Waals surface area (Å²) in [7, 11) is 0. The van der Waals surface area contributed by atoms with Crippen LogP contribution in [0.2, 0.25) is 5.02 Å². The van der Waals surface area contributed by atoms with Crippen molar-refractivity contribution in [2.24, 2.45) is 0 Å². The second kappa shape index (κ2) is 7.61. The van der Waals surface area contributed by atoms with Crippen LogP contribution >= 0.6 is 11.6 Å². The third-order valence-corrected chi connectivity index (χ3v) is 3.97. The second-order valence-corrected chi connectivity index (χ2v) is 5.66. The molecular formula is C15H20ClFN2O2. The van der Waals surface area contributed by atoms with Gasteiger partial charge in [-0.1, -0.05) is 23.7 Å². The largest absolute Gasteiger partial charge is 0.491 e. The third kappa shape index (κ3) is 4.86. The van der Waals surface area contributed by atoms with Crippen molar-refractivity contribution in [1.29, 1.82) is 0 Å². The molecule has 0 atom stereocenters. The molecule has 1 aromatic carbocycles. The van der Waals surface area contributed by atoms with Gasteiger partial charge in [-0.3, -0.25) is 4.79 Å². The van der Waals surface area contributed by atoms with Gasteiger partial charge in [0.2, 0.25) is 6.41 Å². The van der Waals surface area contributed by atoms with Crippen molar-refractivity contribution in [2.45, 2.75) is 18.5 Å². The number of likely N-dealkylation sites (tertiary alicyclic amines) is 1. The first-order valence-electron chi connectivity index (χ1n) is 7.09. The van der Waals surface area contributed by atoms with Crippen molar-refractivity contribution in [2.75, 3.05) is 32.8 Å². The van der Waals surface area contributed by atoms with E-state index in [0.717, 1.165) is 6.41 Å². The fourth-order valence-corrected chi connectivity index (χ4v) is 2.50. The molecule has 21 heavy (non-hydrogen) atoms. The Hall–Kier alpha value is -1.33. The van der Waals surface area contributed by atoms with Crippen molar-refractivity contribution in [3.63, 3.8) is 0 Å². The summed E-state index contributed by atoms with van der Waals surface area (Å²) in [5, 5.41) is 3.64. The van der Waals surface area contributed by atoms with Crippen molar-refractivity contribution >= 4 is 18.0 Å². The van der Waals surface area contributed by atoms with Crippen LogP contribution in [0.4, 0.5) is 4.39 Å². The summed E-state index contributed by atoms with van der Waals surface area (Å²) >= 11 is 5.97. The molecule has 1 amide bonds. The molecule has 0 saturated carbocycles. The van der Waals surface area contributed by atoms with Gasteiger partial charge in [-0.05, 0) is 12.1 Å². The number of nitrogens with zero attached hydrogens (tertiary/aromatic N) is 1. The van der Waals surface area contributed by atoms with E-state index in [1.807, 2.05) is 12.1 Å². The Morgan fingerprint density at radius 3 is 2.76 bits per heavy atom. The fraction of sp³-hybridized carbons (Fsp3) is 0.533. The average molecular weight is 315 g/mol. The molecule has 0 aliphatic carbocycles. The number of carbonyl (C=O) groups excluding carboxylic acids is 1. The number of alkyl halides is 1. The van der Waals surface area contributed by atoms with Gasteiger partial charge in [0, 0.05) is 39.0 Å². The van der Waals surface area contributed by atoms with Gasteiger partial charge in [0.05, 0.1) is 5.02 Å². The van der Waals surface area contributed by atoms with Gasteiger partial charge >= 0.3 is 0 Å². The zero-order chi connectivity index (χ0) is 15.1. The molecule has 4 nitrogen and oxygen atoms in total. The molecule has 0 aromatic heterocycles. The van der Waals surface area contributed by atoms with Crippen LogP contribution < -0.4 is 10.1 Å². The molecule has 1 N–H and O–H groups in total. The third-order valence-electron chi connectivity index (χ3n) is 3.66. The van der Waals surface area contributed by atoms with E-state index in [2.05, 4.69) is 5.32 Å². The minimum Gasteiger partial charge on any atom is -0.491 e. The molecule has 0 spiro atoms. The predicted molar refractivity (Wildman–Crippen MR) is 80.5 cm³/mol. The number of para-hydroxylation sites is 1. The van der Waals surface area contributed by atoms with Gasteiger partial charge in [-0.2, -0.15) is 0 Å². The lowest BCUT2D eigenvalue weighted by Crippen LogP contribution is -2.47. The van der Waals surface area contributed by atoms with Crippen LogP contribution in [0.25, 0.3) is 0 Å². The van der Waals surface area contributed by atoms with Gasteiger partial charge < -0.3 is 15.0 Å². The highest BCUT2D eigenvalue weighted by Crippen LogP contribution is 2.25. The van der Waals surface area contributed by atoms with E-state index >= 15 is 0 Å². The Balaban J connectivity index is 1.64. The van der Waals surface area contributed by atoms with Crippen LogP contribution in [0.1, 0.15) is 12.8 Å². The van der Waals surface area contributed by atoms with Crippen LogP contribution in [0, 0.1) is 0 Å². The first kappa shape index (κ1) is 16.0. The average Bonchev–Trinajstić information content (AvgIpc) is 2.49. The summed E-state index contributed by atoms with van der Waals surface area (Å²) in [5.41, 5.74) is -1.23. The number of piperidine rings is 1. The summed E-state index contributed by atoms with van der Waals surface area (Å²) in [6.07, 6.45) is 1.54. The van der Waals surface area contributed by atoms with E-state index in [9.17, 15) is 9.18 Å². The molecule has 116 valence electrons. The Morgan fingerprint density at radius 1 is 1.38 bits per heavy atom. The van der Waals surface area contributed by atoms with Crippen molar-refractivity contribution in [1.82, 2.24) is 10.2 Å². The second-order valence-electron chi connectivity index (χ2n) is 5.25. The van der Waals surface area contributed by atoms with E-state index in [4.69, 9.17) is 16.3 Å². The van der Waals surface area contributed by atoms with Crippen LogP contribution in [0.15, 0.2) is 24.3 Å². The number of carbonyl (C=O) groups is 1. The maximum Gasteiger partial charge on any atom is 0.209 e. The molecular weight excluding hydrogens is 295 g/mol. The number of hydrogen-bond acceptors (Lipinski definition) is 3. The molecule has 1 aromatic rings. The molecule has 1 fully saturated rings. The lowest BCUT2D eigenvalue weighted by molar-refractivity contribution is -0.120. The number of hydrogen-bond donors (Lipinski definition) is 1. The standard InChI is InChI=1S/C15H20ClFN2O2/c16-13-3-1-2-4-14(13)21-10-7-18-11-15(17)5-8-19(12-20)9-6-15/h1-4,12,18H,5-11H2. The molecule has 1 aliphatic rings.